The molecule has 0 radical (unpaired) electrons. The lowest BCUT2D eigenvalue weighted by Crippen LogP contribution is -2.24. The molecule has 108 valence electrons. The first-order valence-corrected chi connectivity index (χ1v) is 8.01. The van der Waals surface area contributed by atoms with E-state index in [1.165, 1.54) is 0 Å². The quantitative estimate of drug-likeness (QED) is 0.843. The Morgan fingerprint density at radius 1 is 1.00 bits per heavy atom. The van der Waals surface area contributed by atoms with E-state index in [2.05, 4.69) is 41.5 Å². The highest BCUT2D eigenvalue weighted by atomic mass is 32.2. The van der Waals surface area contributed by atoms with Crippen LogP contribution >= 0.6 is 0 Å². The van der Waals surface area contributed by atoms with Gasteiger partial charge in [0.25, 0.3) is 10.1 Å². The summed E-state index contributed by atoms with van der Waals surface area (Å²) in [4.78, 5) is 0. The highest BCUT2D eigenvalue weighted by Crippen LogP contribution is 2.36. The van der Waals surface area contributed by atoms with E-state index in [1.54, 1.807) is 6.07 Å². The predicted molar refractivity (Wildman–Crippen MR) is 79.1 cm³/mol. The van der Waals surface area contributed by atoms with Crippen molar-refractivity contribution in [2.24, 2.45) is 0 Å². The Bertz CT molecular complexity index is 558. The van der Waals surface area contributed by atoms with Crippen molar-refractivity contribution in [2.45, 2.75) is 58.1 Å². The van der Waals surface area contributed by atoms with Crippen LogP contribution in [0.1, 0.15) is 58.2 Å². The molecule has 0 amide bonds. The van der Waals surface area contributed by atoms with E-state index >= 15 is 0 Å². The van der Waals surface area contributed by atoms with E-state index in [1.807, 2.05) is 12.1 Å². The van der Waals surface area contributed by atoms with Crippen molar-refractivity contribution in [3.63, 3.8) is 0 Å². The van der Waals surface area contributed by atoms with Crippen LogP contribution in [-0.4, -0.2) is 13.0 Å². The van der Waals surface area contributed by atoms with E-state index in [-0.39, 0.29) is 16.6 Å². The molecule has 0 spiro atoms. The summed E-state index contributed by atoms with van der Waals surface area (Å²) >= 11 is 0. The van der Waals surface area contributed by atoms with Crippen molar-refractivity contribution in [1.29, 1.82) is 0 Å². The SMILES string of the molecule is CC(C)(C)c1cccc(CS(=O)(=O)O)c1C(C)(C)C. The van der Waals surface area contributed by atoms with Crippen molar-refractivity contribution in [1.82, 2.24) is 0 Å². The normalized spacial score (nSPS) is 13.6. The fourth-order valence-corrected chi connectivity index (χ4v) is 3.06. The van der Waals surface area contributed by atoms with Gasteiger partial charge in [0.2, 0.25) is 0 Å². The second kappa shape index (κ2) is 4.91. The molecular formula is C15H24O3S. The molecule has 0 aliphatic carbocycles. The molecule has 0 fully saturated rings. The van der Waals surface area contributed by atoms with Crippen LogP contribution in [0.25, 0.3) is 0 Å². The third-order valence-electron chi connectivity index (χ3n) is 3.05. The van der Waals surface area contributed by atoms with Gasteiger partial charge in [-0.2, -0.15) is 8.42 Å². The van der Waals surface area contributed by atoms with E-state index in [0.29, 0.717) is 5.56 Å². The molecule has 0 heterocycles. The molecule has 0 aliphatic rings. The van der Waals surface area contributed by atoms with E-state index < -0.39 is 10.1 Å². The Morgan fingerprint density at radius 3 is 1.89 bits per heavy atom. The van der Waals surface area contributed by atoms with Gasteiger partial charge >= 0.3 is 0 Å². The third kappa shape index (κ3) is 4.32. The van der Waals surface area contributed by atoms with Gasteiger partial charge in [-0.3, -0.25) is 4.55 Å². The minimum Gasteiger partial charge on any atom is -0.285 e. The Labute approximate surface area is 116 Å². The predicted octanol–water partition coefficient (Wildman–Crippen LogP) is 3.67. The zero-order valence-electron chi connectivity index (χ0n) is 12.6. The monoisotopic (exact) mass is 284 g/mol. The maximum Gasteiger partial charge on any atom is 0.269 e. The van der Waals surface area contributed by atoms with Gasteiger partial charge in [-0.25, -0.2) is 0 Å². The van der Waals surface area contributed by atoms with Crippen LogP contribution in [0.2, 0.25) is 0 Å². The highest BCUT2D eigenvalue weighted by molar-refractivity contribution is 7.85. The molecule has 0 aliphatic heterocycles. The summed E-state index contributed by atoms with van der Waals surface area (Å²) in [5.74, 6) is -0.330. The molecule has 0 bridgehead atoms. The third-order valence-corrected chi connectivity index (χ3v) is 3.72. The first-order valence-electron chi connectivity index (χ1n) is 6.40. The molecule has 1 N–H and O–H groups in total. The lowest BCUT2D eigenvalue weighted by atomic mass is 9.73. The van der Waals surface area contributed by atoms with Gasteiger partial charge in [0, 0.05) is 0 Å². The van der Waals surface area contributed by atoms with Crippen LogP contribution in [-0.2, 0) is 26.7 Å². The van der Waals surface area contributed by atoms with Crippen LogP contribution in [0.15, 0.2) is 18.2 Å². The molecule has 4 heteroatoms. The Kier molecular flexibility index (Phi) is 4.18. The molecule has 0 saturated carbocycles. The van der Waals surface area contributed by atoms with Gasteiger partial charge < -0.3 is 0 Å². The molecule has 1 aromatic carbocycles. The summed E-state index contributed by atoms with van der Waals surface area (Å²) in [6.07, 6.45) is 0. The molecule has 0 atom stereocenters. The smallest absolute Gasteiger partial charge is 0.269 e. The minimum absolute atomic E-state index is 0.0716. The number of benzene rings is 1. The van der Waals surface area contributed by atoms with Crippen molar-refractivity contribution >= 4 is 10.1 Å². The van der Waals surface area contributed by atoms with E-state index in [0.717, 1.165) is 11.1 Å². The van der Waals surface area contributed by atoms with Gasteiger partial charge in [-0.05, 0) is 27.5 Å². The Balaban J connectivity index is 3.58. The lowest BCUT2D eigenvalue weighted by molar-refractivity contribution is 0.480. The molecule has 0 saturated heterocycles. The topological polar surface area (TPSA) is 54.4 Å². The maximum atomic E-state index is 11.2. The van der Waals surface area contributed by atoms with Gasteiger partial charge in [-0.15, -0.1) is 0 Å². The summed E-state index contributed by atoms with van der Waals surface area (Å²) in [6.45, 7) is 12.5. The number of rotatable bonds is 2. The average Bonchev–Trinajstić information content (AvgIpc) is 2.11. The summed E-state index contributed by atoms with van der Waals surface area (Å²) in [5.41, 5.74) is 2.57. The molecule has 0 aromatic heterocycles. The summed E-state index contributed by atoms with van der Waals surface area (Å²) in [6, 6.07) is 5.67. The van der Waals surface area contributed by atoms with Crippen molar-refractivity contribution < 1.29 is 13.0 Å². The van der Waals surface area contributed by atoms with Crippen LogP contribution in [0.4, 0.5) is 0 Å². The van der Waals surface area contributed by atoms with Crippen molar-refractivity contribution in [3.05, 3.63) is 34.9 Å². The minimum atomic E-state index is -4.02. The zero-order valence-corrected chi connectivity index (χ0v) is 13.4. The van der Waals surface area contributed by atoms with Crippen LogP contribution in [0, 0.1) is 0 Å². The van der Waals surface area contributed by atoms with Crippen molar-refractivity contribution in [2.75, 3.05) is 0 Å². The molecule has 19 heavy (non-hydrogen) atoms. The zero-order chi connectivity index (χ0) is 15.1. The molecular weight excluding hydrogens is 260 g/mol. The largest absolute Gasteiger partial charge is 0.285 e. The van der Waals surface area contributed by atoms with E-state index in [9.17, 15) is 8.42 Å². The average molecular weight is 284 g/mol. The van der Waals surface area contributed by atoms with Crippen LogP contribution in [0.5, 0.6) is 0 Å². The molecule has 1 aromatic rings. The summed E-state index contributed by atoms with van der Waals surface area (Å²) in [7, 11) is -4.02. The first-order chi connectivity index (χ1) is 8.32. The van der Waals surface area contributed by atoms with Crippen molar-refractivity contribution in [3.8, 4) is 0 Å². The van der Waals surface area contributed by atoms with Gasteiger partial charge in [0.15, 0.2) is 0 Å². The second-order valence-electron chi connectivity index (χ2n) is 7.07. The second-order valence-corrected chi connectivity index (χ2v) is 8.52. The number of hydrogen-bond donors (Lipinski definition) is 1. The Hall–Kier alpha value is -0.870. The van der Waals surface area contributed by atoms with E-state index in [4.69, 9.17) is 4.55 Å². The summed E-state index contributed by atoms with van der Waals surface area (Å²) in [5, 5.41) is 0. The van der Waals surface area contributed by atoms with Crippen LogP contribution in [0.3, 0.4) is 0 Å². The maximum absolute atomic E-state index is 11.2. The highest BCUT2D eigenvalue weighted by Gasteiger charge is 2.28. The first kappa shape index (κ1) is 16.2. The Morgan fingerprint density at radius 2 is 1.53 bits per heavy atom. The lowest BCUT2D eigenvalue weighted by Gasteiger charge is -2.32. The summed E-state index contributed by atoms with van der Waals surface area (Å²) < 4.78 is 31.5. The molecule has 0 unspecified atom stereocenters. The van der Waals surface area contributed by atoms with Gasteiger partial charge in [0.05, 0.1) is 0 Å². The fourth-order valence-electron chi connectivity index (χ4n) is 2.43. The van der Waals surface area contributed by atoms with Crippen LogP contribution < -0.4 is 0 Å². The van der Waals surface area contributed by atoms with Gasteiger partial charge in [0.1, 0.15) is 5.75 Å². The standard InChI is InChI=1S/C15H24O3S/c1-14(2,3)12-9-7-8-11(10-19(16,17)18)13(12)15(4,5)6/h7-9H,10H2,1-6H3,(H,16,17,18). The van der Waals surface area contributed by atoms with Gasteiger partial charge in [-0.1, -0.05) is 59.7 Å². The number of hydrogen-bond acceptors (Lipinski definition) is 2. The fraction of sp³-hybridized carbons (Fsp3) is 0.600. The molecule has 3 nitrogen and oxygen atoms in total. The molecule has 1 rings (SSSR count).